The van der Waals surface area contributed by atoms with Crippen LogP contribution in [-0.2, 0) is 0 Å². The first kappa shape index (κ1) is 20.4. The molecule has 3 aromatic carbocycles. The Bertz CT molecular complexity index is 977. The van der Waals surface area contributed by atoms with Gasteiger partial charge < -0.3 is 14.7 Å². The summed E-state index contributed by atoms with van der Waals surface area (Å²) >= 11 is 0. The van der Waals surface area contributed by atoms with Crippen molar-refractivity contribution in [3.8, 4) is 22.6 Å². The largest absolute Gasteiger partial charge is 0.508 e. The first-order valence-electron chi connectivity index (χ1n) is 9.51. The Morgan fingerprint density at radius 1 is 0.966 bits per heavy atom. The lowest BCUT2D eigenvalue weighted by Gasteiger charge is -2.14. The van der Waals surface area contributed by atoms with E-state index in [-0.39, 0.29) is 11.5 Å². The van der Waals surface area contributed by atoms with E-state index < -0.39 is 0 Å². The fraction of sp³-hybridized carbons (Fsp3) is 0.160. The summed E-state index contributed by atoms with van der Waals surface area (Å²) in [7, 11) is 4.00. The highest BCUT2D eigenvalue weighted by Gasteiger charge is 2.07. The van der Waals surface area contributed by atoms with Crippen molar-refractivity contribution >= 4 is 11.9 Å². The number of hydrogen-bond donors (Lipinski definition) is 1. The number of ketones is 1. The molecule has 0 saturated carbocycles. The van der Waals surface area contributed by atoms with E-state index in [1.165, 1.54) is 18.2 Å². The molecule has 148 valence electrons. The zero-order valence-electron chi connectivity index (χ0n) is 16.7. The molecule has 4 nitrogen and oxygen atoms in total. The van der Waals surface area contributed by atoms with Crippen LogP contribution in [0.1, 0.15) is 15.9 Å². The summed E-state index contributed by atoms with van der Waals surface area (Å²) in [5.74, 6) is 0.744. The number of carbonyl (C=O) groups is 1. The smallest absolute Gasteiger partial charge is 0.185 e. The van der Waals surface area contributed by atoms with Gasteiger partial charge in [0.15, 0.2) is 5.78 Å². The molecule has 0 heterocycles. The lowest BCUT2D eigenvalue weighted by atomic mass is 10.0. The van der Waals surface area contributed by atoms with Gasteiger partial charge in [-0.05, 0) is 73.8 Å². The molecule has 0 aliphatic rings. The fourth-order valence-electron chi connectivity index (χ4n) is 2.85. The van der Waals surface area contributed by atoms with E-state index in [4.69, 9.17) is 4.74 Å². The molecular weight excluding hydrogens is 362 g/mol. The van der Waals surface area contributed by atoms with Crippen LogP contribution in [-0.4, -0.2) is 43.0 Å². The van der Waals surface area contributed by atoms with Crippen molar-refractivity contribution in [3.63, 3.8) is 0 Å². The third kappa shape index (κ3) is 5.80. The van der Waals surface area contributed by atoms with E-state index in [0.29, 0.717) is 12.2 Å². The number of likely N-dealkylation sites (N-methyl/N-ethyl adjacent to an activating group) is 1. The Morgan fingerprint density at radius 2 is 1.69 bits per heavy atom. The van der Waals surface area contributed by atoms with Gasteiger partial charge in [-0.25, -0.2) is 0 Å². The number of allylic oxidation sites excluding steroid dienone is 1. The van der Waals surface area contributed by atoms with E-state index in [2.05, 4.69) is 17.0 Å². The summed E-state index contributed by atoms with van der Waals surface area (Å²) < 4.78 is 5.96. The number of phenolic OH excluding ortho intramolecular Hbond substituents is 1. The Kier molecular flexibility index (Phi) is 6.82. The first-order chi connectivity index (χ1) is 14.0. The maximum atomic E-state index is 12.5. The van der Waals surface area contributed by atoms with Crippen LogP contribution >= 0.6 is 0 Å². The Labute approximate surface area is 171 Å². The van der Waals surface area contributed by atoms with E-state index >= 15 is 0 Å². The van der Waals surface area contributed by atoms with Crippen LogP contribution in [0.5, 0.6) is 11.5 Å². The molecule has 29 heavy (non-hydrogen) atoms. The molecule has 3 aromatic rings. The van der Waals surface area contributed by atoms with Gasteiger partial charge in [-0.2, -0.15) is 0 Å². The van der Waals surface area contributed by atoms with Gasteiger partial charge in [0, 0.05) is 17.7 Å². The van der Waals surface area contributed by atoms with Gasteiger partial charge in [0.1, 0.15) is 18.1 Å². The summed E-state index contributed by atoms with van der Waals surface area (Å²) in [4.78, 5) is 14.5. The fourth-order valence-corrected chi connectivity index (χ4v) is 2.85. The van der Waals surface area contributed by atoms with E-state index in [1.807, 2.05) is 50.5 Å². The van der Waals surface area contributed by atoms with Gasteiger partial charge >= 0.3 is 0 Å². The number of nitrogens with zero attached hydrogens (tertiary/aromatic N) is 1. The zero-order chi connectivity index (χ0) is 20.6. The average Bonchev–Trinajstić information content (AvgIpc) is 2.73. The highest BCUT2D eigenvalue weighted by atomic mass is 16.5. The van der Waals surface area contributed by atoms with Gasteiger partial charge in [0.25, 0.3) is 0 Å². The molecule has 0 spiro atoms. The molecule has 0 aromatic heterocycles. The number of carbonyl (C=O) groups excluding carboxylic acids is 1. The molecule has 0 aliphatic heterocycles. The number of hydrogen-bond acceptors (Lipinski definition) is 4. The minimum atomic E-state index is -0.130. The first-order valence-corrected chi connectivity index (χ1v) is 9.51. The van der Waals surface area contributed by atoms with Crippen molar-refractivity contribution in [1.29, 1.82) is 0 Å². The van der Waals surface area contributed by atoms with Crippen molar-refractivity contribution in [1.82, 2.24) is 4.90 Å². The second kappa shape index (κ2) is 9.71. The zero-order valence-corrected chi connectivity index (χ0v) is 16.7. The number of aromatic hydroxyl groups is 1. The molecule has 0 amide bonds. The topological polar surface area (TPSA) is 49.8 Å². The highest BCUT2D eigenvalue weighted by Crippen LogP contribution is 2.28. The van der Waals surface area contributed by atoms with Crippen LogP contribution in [0.2, 0.25) is 0 Å². The van der Waals surface area contributed by atoms with Gasteiger partial charge in [-0.3, -0.25) is 4.79 Å². The van der Waals surface area contributed by atoms with Crippen LogP contribution in [0.3, 0.4) is 0 Å². The van der Waals surface area contributed by atoms with Crippen molar-refractivity contribution in [2.45, 2.75) is 0 Å². The standard InChI is InChI=1S/C25H25NO3/c1-26(2)16-17-29-25-15-11-21(19-6-4-3-5-7-19)18-22(25)10-14-24(28)20-8-12-23(27)13-9-20/h3-15,18,27H,16-17H2,1-2H3. The van der Waals surface area contributed by atoms with Gasteiger partial charge in [-0.1, -0.05) is 36.4 Å². The molecule has 3 rings (SSSR count). The Balaban J connectivity index is 1.87. The minimum absolute atomic E-state index is 0.130. The predicted octanol–water partition coefficient (Wildman–Crippen LogP) is 4.90. The predicted molar refractivity (Wildman–Crippen MR) is 117 cm³/mol. The molecule has 1 N–H and O–H groups in total. The molecule has 4 heteroatoms. The van der Waals surface area contributed by atoms with Crippen molar-refractivity contribution in [2.75, 3.05) is 27.2 Å². The van der Waals surface area contributed by atoms with Crippen LogP contribution in [0.25, 0.3) is 17.2 Å². The average molecular weight is 387 g/mol. The molecule has 0 radical (unpaired) electrons. The summed E-state index contributed by atoms with van der Waals surface area (Å²) in [5, 5.41) is 9.39. The molecule has 0 atom stereocenters. The lowest BCUT2D eigenvalue weighted by molar-refractivity contribution is 0.104. The number of ether oxygens (including phenoxy) is 1. The van der Waals surface area contributed by atoms with Gasteiger partial charge in [0.05, 0.1) is 0 Å². The van der Waals surface area contributed by atoms with E-state index in [0.717, 1.165) is 29.0 Å². The van der Waals surface area contributed by atoms with E-state index in [9.17, 15) is 9.90 Å². The number of rotatable bonds is 8. The molecule has 0 fully saturated rings. The van der Waals surface area contributed by atoms with Crippen LogP contribution in [0.15, 0.2) is 78.9 Å². The van der Waals surface area contributed by atoms with Crippen molar-refractivity contribution in [2.24, 2.45) is 0 Å². The van der Waals surface area contributed by atoms with Crippen LogP contribution in [0.4, 0.5) is 0 Å². The summed E-state index contributed by atoms with van der Waals surface area (Å²) in [5.41, 5.74) is 3.53. The second-order valence-electron chi connectivity index (χ2n) is 7.01. The Morgan fingerprint density at radius 3 is 2.38 bits per heavy atom. The lowest BCUT2D eigenvalue weighted by Crippen LogP contribution is -2.19. The maximum Gasteiger partial charge on any atom is 0.185 e. The number of phenols is 1. The second-order valence-corrected chi connectivity index (χ2v) is 7.01. The third-order valence-electron chi connectivity index (χ3n) is 4.48. The maximum absolute atomic E-state index is 12.5. The summed E-state index contributed by atoms with van der Waals surface area (Å²) in [6, 6.07) is 22.3. The normalized spacial score (nSPS) is 11.1. The molecular formula is C25H25NO3. The SMILES string of the molecule is CN(C)CCOc1ccc(-c2ccccc2)cc1C=CC(=O)c1ccc(O)cc1. The van der Waals surface area contributed by atoms with Crippen LogP contribution in [0, 0.1) is 0 Å². The van der Waals surface area contributed by atoms with Crippen molar-refractivity contribution in [3.05, 3.63) is 90.0 Å². The highest BCUT2D eigenvalue weighted by molar-refractivity contribution is 6.07. The van der Waals surface area contributed by atoms with Crippen LogP contribution < -0.4 is 4.74 Å². The monoisotopic (exact) mass is 387 g/mol. The molecule has 0 saturated heterocycles. The van der Waals surface area contributed by atoms with Gasteiger partial charge in [-0.15, -0.1) is 0 Å². The minimum Gasteiger partial charge on any atom is -0.508 e. The molecule has 0 aliphatic carbocycles. The quantitative estimate of drug-likeness (QED) is 0.441. The van der Waals surface area contributed by atoms with Crippen molar-refractivity contribution < 1.29 is 14.6 Å². The van der Waals surface area contributed by atoms with E-state index in [1.54, 1.807) is 18.2 Å². The Hall–Kier alpha value is -3.37. The van der Waals surface area contributed by atoms with Gasteiger partial charge in [0.2, 0.25) is 0 Å². The molecule has 0 unspecified atom stereocenters. The summed E-state index contributed by atoms with van der Waals surface area (Å²) in [6.07, 6.45) is 3.32. The summed E-state index contributed by atoms with van der Waals surface area (Å²) in [6.45, 7) is 1.36. The third-order valence-corrected chi connectivity index (χ3v) is 4.48. The molecule has 0 bridgehead atoms. The number of benzene rings is 3.